The highest BCUT2D eigenvalue weighted by Gasteiger charge is 2.13. The third-order valence-corrected chi connectivity index (χ3v) is 3.21. The number of hydrogen-bond donors (Lipinski definition) is 2. The molecule has 0 unspecified atom stereocenters. The predicted molar refractivity (Wildman–Crippen MR) is 77.8 cm³/mol. The lowest BCUT2D eigenvalue weighted by Crippen LogP contribution is -2.17. The molecule has 110 valence electrons. The van der Waals surface area contributed by atoms with Crippen molar-refractivity contribution in [3.8, 4) is 0 Å². The highest BCUT2D eigenvalue weighted by atomic mass is 19.1. The van der Waals surface area contributed by atoms with Crippen LogP contribution in [0.3, 0.4) is 0 Å². The van der Waals surface area contributed by atoms with E-state index >= 15 is 0 Å². The molecular formula is C16H16F2N2O. The van der Waals surface area contributed by atoms with Gasteiger partial charge in [0.15, 0.2) is 0 Å². The van der Waals surface area contributed by atoms with Crippen molar-refractivity contribution < 1.29 is 13.6 Å². The monoisotopic (exact) mass is 290 g/mol. The summed E-state index contributed by atoms with van der Waals surface area (Å²) in [5.41, 5.74) is 7.64. The Hall–Kier alpha value is -2.27. The van der Waals surface area contributed by atoms with Gasteiger partial charge >= 0.3 is 0 Å². The van der Waals surface area contributed by atoms with E-state index in [2.05, 4.69) is 5.32 Å². The average Bonchev–Trinajstić information content (AvgIpc) is 2.45. The molecule has 21 heavy (non-hydrogen) atoms. The number of amides is 1. The minimum Gasteiger partial charge on any atom is -0.326 e. The molecule has 0 radical (unpaired) electrons. The van der Waals surface area contributed by atoms with E-state index in [1.54, 1.807) is 6.07 Å². The Morgan fingerprint density at radius 3 is 2.48 bits per heavy atom. The summed E-state index contributed by atoms with van der Waals surface area (Å²) >= 11 is 0. The van der Waals surface area contributed by atoms with Gasteiger partial charge in [0.25, 0.3) is 0 Å². The van der Waals surface area contributed by atoms with Crippen molar-refractivity contribution in [1.82, 2.24) is 0 Å². The normalized spacial score (nSPS) is 10.5. The van der Waals surface area contributed by atoms with Gasteiger partial charge in [-0.3, -0.25) is 4.79 Å². The van der Waals surface area contributed by atoms with E-state index in [1.165, 1.54) is 6.07 Å². The number of nitrogens with two attached hydrogens (primary N) is 1. The van der Waals surface area contributed by atoms with Crippen LogP contribution in [-0.4, -0.2) is 5.91 Å². The topological polar surface area (TPSA) is 55.1 Å². The van der Waals surface area contributed by atoms with Crippen molar-refractivity contribution in [3.63, 3.8) is 0 Å². The van der Waals surface area contributed by atoms with Crippen LogP contribution in [-0.2, 0) is 17.8 Å². The Morgan fingerprint density at radius 2 is 1.86 bits per heavy atom. The number of carbonyl (C=O) groups excluding carboxylic acids is 1. The Kier molecular flexibility index (Phi) is 4.65. The summed E-state index contributed by atoms with van der Waals surface area (Å²) in [4.78, 5) is 12.0. The van der Waals surface area contributed by atoms with E-state index in [9.17, 15) is 13.6 Å². The lowest BCUT2D eigenvalue weighted by Gasteiger charge is -2.11. The number of aryl methyl sites for hydroxylation is 1. The average molecular weight is 290 g/mol. The second-order valence-corrected chi connectivity index (χ2v) is 4.78. The highest BCUT2D eigenvalue weighted by Crippen LogP contribution is 2.18. The van der Waals surface area contributed by atoms with Crippen molar-refractivity contribution in [2.75, 3.05) is 5.32 Å². The lowest BCUT2D eigenvalue weighted by molar-refractivity contribution is -0.115. The predicted octanol–water partition coefficient (Wildman–Crippen LogP) is 2.91. The number of hydrogen-bond acceptors (Lipinski definition) is 2. The zero-order valence-electron chi connectivity index (χ0n) is 11.6. The standard InChI is InChI=1S/C16H16F2N2O/c1-10-5-6-11(9-19)7-15(10)20-16(21)8-12-13(17)3-2-4-14(12)18/h2-7H,8-9,19H2,1H3,(H,20,21). The quantitative estimate of drug-likeness (QED) is 0.909. The number of halogens is 2. The Morgan fingerprint density at radius 1 is 1.19 bits per heavy atom. The van der Waals surface area contributed by atoms with Gasteiger partial charge in [0.2, 0.25) is 5.91 Å². The summed E-state index contributed by atoms with van der Waals surface area (Å²) in [5, 5.41) is 2.66. The smallest absolute Gasteiger partial charge is 0.229 e. The third-order valence-electron chi connectivity index (χ3n) is 3.21. The van der Waals surface area contributed by atoms with Crippen molar-refractivity contribution in [2.45, 2.75) is 19.9 Å². The molecule has 0 aromatic heterocycles. The second-order valence-electron chi connectivity index (χ2n) is 4.78. The number of anilines is 1. The summed E-state index contributed by atoms with van der Waals surface area (Å²) < 4.78 is 27.0. The molecule has 0 aliphatic heterocycles. The Bertz CT molecular complexity index is 651. The van der Waals surface area contributed by atoms with Crippen LogP contribution in [0.15, 0.2) is 36.4 Å². The van der Waals surface area contributed by atoms with E-state index in [-0.39, 0.29) is 12.0 Å². The maximum Gasteiger partial charge on any atom is 0.229 e. The molecule has 0 aliphatic rings. The Labute approximate surface area is 121 Å². The molecule has 0 spiro atoms. The van der Waals surface area contributed by atoms with E-state index < -0.39 is 17.5 Å². The van der Waals surface area contributed by atoms with Gasteiger partial charge < -0.3 is 11.1 Å². The molecule has 2 aromatic carbocycles. The molecule has 0 fully saturated rings. The molecule has 2 aromatic rings. The van der Waals surface area contributed by atoms with Crippen molar-refractivity contribution in [2.24, 2.45) is 5.73 Å². The minimum absolute atomic E-state index is 0.234. The molecule has 0 atom stereocenters. The maximum atomic E-state index is 13.5. The van der Waals surface area contributed by atoms with E-state index in [0.717, 1.165) is 23.3 Å². The van der Waals surface area contributed by atoms with Gasteiger partial charge in [0, 0.05) is 17.8 Å². The van der Waals surface area contributed by atoms with Crippen LogP contribution < -0.4 is 11.1 Å². The van der Waals surface area contributed by atoms with E-state index in [1.807, 2.05) is 19.1 Å². The number of nitrogens with one attached hydrogen (secondary N) is 1. The second kappa shape index (κ2) is 6.45. The molecule has 3 N–H and O–H groups in total. The van der Waals surface area contributed by atoms with Crippen LogP contribution in [0.4, 0.5) is 14.5 Å². The molecule has 5 heteroatoms. The first-order valence-electron chi connectivity index (χ1n) is 6.53. The molecule has 0 saturated heterocycles. The van der Waals surface area contributed by atoms with Gasteiger partial charge in [-0.25, -0.2) is 8.78 Å². The lowest BCUT2D eigenvalue weighted by atomic mass is 10.1. The zero-order valence-corrected chi connectivity index (χ0v) is 11.6. The first kappa shape index (κ1) is 15.1. The molecule has 1 amide bonds. The molecular weight excluding hydrogens is 274 g/mol. The van der Waals surface area contributed by atoms with Crippen LogP contribution in [0.25, 0.3) is 0 Å². The Balaban J connectivity index is 2.15. The zero-order chi connectivity index (χ0) is 15.4. The van der Waals surface area contributed by atoms with Crippen LogP contribution in [0.2, 0.25) is 0 Å². The van der Waals surface area contributed by atoms with E-state index in [0.29, 0.717) is 12.2 Å². The highest BCUT2D eigenvalue weighted by molar-refractivity contribution is 5.93. The summed E-state index contributed by atoms with van der Waals surface area (Å²) in [6.45, 7) is 2.19. The van der Waals surface area contributed by atoms with Crippen LogP contribution in [0, 0.1) is 18.6 Å². The summed E-state index contributed by atoms with van der Waals surface area (Å²) in [5.74, 6) is -1.92. The third kappa shape index (κ3) is 3.64. The van der Waals surface area contributed by atoms with E-state index in [4.69, 9.17) is 5.73 Å². The number of benzene rings is 2. The largest absolute Gasteiger partial charge is 0.326 e. The molecule has 0 saturated carbocycles. The van der Waals surface area contributed by atoms with Crippen LogP contribution in [0.1, 0.15) is 16.7 Å². The summed E-state index contributed by atoms with van der Waals surface area (Å²) in [6, 6.07) is 8.98. The summed E-state index contributed by atoms with van der Waals surface area (Å²) in [6.07, 6.45) is -0.356. The molecule has 2 rings (SSSR count). The van der Waals surface area contributed by atoms with Gasteiger partial charge in [0.1, 0.15) is 11.6 Å². The summed E-state index contributed by atoms with van der Waals surface area (Å²) in [7, 11) is 0. The van der Waals surface area contributed by atoms with Gasteiger partial charge in [-0.2, -0.15) is 0 Å². The van der Waals surface area contributed by atoms with Gasteiger partial charge in [-0.15, -0.1) is 0 Å². The van der Waals surface area contributed by atoms with Gasteiger partial charge in [-0.05, 0) is 36.2 Å². The molecule has 3 nitrogen and oxygen atoms in total. The van der Waals surface area contributed by atoms with Crippen molar-refractivity contribution in [1.29, 1.82) is 0 Å². The van der Waals surface area contributed by atoms with Crippen molar-refractivity contribution >= 4 is 11.6 Å². The van der Waals surface area contributed by atoms with Crippen molar-refractivity contribution in [3.05, 3.63) is 64.7 Å². The molecule has 0 bridgehead atoms. The SMILES string of the molecule is Cc1ccc(CN)cc1NC(=O)Cc1c(F)cccc1F. The number of carbonyl (C=O) groups is 1. The van der Waals surface area contributed by atoms with Crippen LogP contribution in [0.5, 0.6) is 0 Å². The van der Waals surface area contributed by atoms with Gasteiger partial charge in [0.05, 0.1) is 6.42 Å². The molecule has 0 heterocycles. The van der Waals surface area contributed by atoms with Crippen LogP contribution >= 0.6 is 0 Å². The number of rotatable bonds is 4. The fourth-order valence-corrected chi connectivity index (χ4v) is 1.99. The fraction of sp³-hybridized carbons (Fsp3) is 0.188. The maximum absolute atomic E-state index is 13.5. The fourth-order valence-electron chi connectivity index (χ4n) is 1.99. The molecule has 0 aliphatic carbocycles. The first-order chi connectivity index (χ1) is 10.0. The van der Waals surface area contributed by atoms with Gasteiger partial charge in [-0.1, -0.05) is 18.2 Å². The minimum atomic E-state index is -0.724. The first-order valence-corrected chi connectivity index (χ1v) is 6.53.